The maximum atomic E-state index is 12.8. The Kier molecular flexibility index (Phi) is 6.10. The maximum absolute atomic E-state index is 12.8. The molecule has 2 aromatic carbocycles. The number of para-hydroxylation sites is 1. The minimum absolute atomic E-state index is 0.0608. The van der Waals surface area contributed by atoms with Gasteiger partial charge in [0.15, 0.2) is 5.76 Å². The number of oxazole rings is 1. The molecule has 0 atom stereocenters. The molecule has 1 amide bonds. The zero-order valence-electron chi connectivity index (χ0n) is 18.5. The maximum Gasteiger partial charge on any atom is 0.266 e. The normalized spacial score (nSPS) is 14.0. The van der Waals surface area contributed by atoms with Gasteiger partial charge in [-0.1, -0.05) is 48.5 Å². The number of nitriles is 1. The van der Waals surface area contributed by atoms with E-state index in [0.717, 1.165) is 16.8 Å². The summed E-state index contributed by atoms with van der Waals surface area (Å²) in [5.41, 5.74) is 3.07. The smallest absolute Gasteiger partial charge is 0.266 e. The Balaban J connectivity index is 1.20. The largest absolute Gasteiger partial charge is 0.459 e. The van der Waals surface area contributed by atoms with E-state index in [2.05, 4.69) is 21.3 Å². The van der Waals surface area contributed by atoms with E-state index in [4.69, 9.17) is 8.83 Å². The molecule has 1 N–H and O–H groups in total. The molecule has 0 unspecified atom stereocenters. The minimum atomic E-state index is -0.0608. The molecule has 1 saturated heterocycles. The van der Waals surface area contributed by atoms with E-state index in [1.807, 2.05) is 59.5 Å². The first kappa shape index (κ1) is 21.5. The van der Waals surface area contributed by atoms with Crippen molar-refractivity contribution in [2.75, 3.05) is 42.9 Å². The van der Waals surface area contributed by atoms with E-state index < -0.39 is 0 Å². The van der Waals surface area contributed by atoms with Gasteiger partial charge in [0.2, 0.25) is 17.5 Å². The van der Waals surface area contributed by atoms with Crippen molar-refractivity contribution in [2.24, 2.45) is 0 Å². The van der Waals surface area contributed by atoms with E-state index in [1.165, 1.54) is 6.26 Å². The summed E-state index contributed by atoms with van der Waals surface area (Å²) >= 11 is 0. The Labute approximate surface area is 197 Å². The number of nitrogens with zero attached hydrogens (tertiary/aromatic N) is 4. The van der Waals surface area contributed by atoms with E-state index in [-0.39, 0.29) is 24.0 Å². The van der Waals surface area contributed by atoms with Gasteiger partial charge in [-0.3, -0.25) is 9.69 Å². The Hall–Kier alpha value is -4.35. The van der Waals surface area contributed by atoms with Crippen molar-refractivity contribution in [2.45, 2.75) is 0 Å². The molecule has 8 nitrogen and oxygen atoms in total. The van der Waals surface area contributed by atoms with Crippen molar-refractivity contribution in [3.63, 3.8) is 0 Å². The topological polar surface area (TPSA) is 98.5 Å². The first-order valence-electron chi connectivity index (χ1n) is 11.1. The van der Waals surface area contributed by atoms with Crippen LogP contribution in [0.4, 0.5) is 11.6 Å². The first-order valence-corrected chi connectivity index (χ1v) is 11.1. The van der Waals surface area contributed by atoms with E-state index in [1.54, 1.807) is 12.1 Å². The van der Waals surface area contributed by atoms with Gasteiger partial charge in [-0.15, -0.1) is 0 Å². The van der Waals surface area contributed by atoms with Gasteiger partial charge in [0.05, 0.1) is 12.8 Å². The summed E-state index contributed by atoms with van der Waals surface area (Å²) in [7, 11) is 0. The van der Waals surface area contributed by atoms with Crippen LogP contribution >= 0.6 is 0 Å². The molecule has 170 valence electrons. The molecule has 34 heavy (non-hydrogen) atoms. The minimum Gasteiger partial charge on any atom is -0.459 e. The average Bonchev–Trinajstić information content (AvgIpc) is 3.56. The molecule has 0 spiro atoms. The number of carbonyl (C=O) groups is 1. The number of hydrogen-bond donors (Lipinski definition) is 1. The van der Waals surface area contributed by atoms with Gasteiger partial charge in [-0.2, -0.15) is 10.2 Å². The first-order chi connectivity index (χ1) is 16.7. The highest BCUT2D eigenvalue weighted by atomic mass is 16.4. The number of amides is 1. The summed E-state index contributed by atoms with van der Waals surface area (Å²) in [6.07, 6.45) is 1.54. The van der Waals surface area contributed by atoms with Gasteiger partial charge in [-0.05, 0) is 23.8 Å². The molecule has 1 fully saturated rings. The molecule has 8 heteroatoms. The lowest BCUT2D eigenvalue weighted by Crippen LogP contribution is -2.48. The van der Waals surface area contributed by atoms with Gasteiger partial charge < -0.3 is 19.1 Å². The summed E-state index contributed by atoms with van der Waals surface area (Å²) in [6.45, 7) is 2.85. The second-order valence-electron chi connectivity index (χ2n) is 7.98. The molecular formula is C26H23N5O3. The van der Waals surface area contributed by atoms with Gasteiger partial charge in [0.1, 0.15) is 6.07 Å². The molecule has 0 aliphatic carbocycles. The fourth-order valence-electron chi connectivity index (χ4n) is 4.07. The highest BCUT2D eigenvalue weighted by Gasteiger charge is 2.26. The molecule has 0 radical (unpaired) electrons. The highest BCUT2D eigenvalue weighted by Crippen LogP contribution is 2.29. The standard InChI is InChI=1S/C26H23N5O3/c27-17-22-26(34-25(29-22)23-11-6-16-33-23)31-14-12-30(13-15-31)18-24(32)28-21-10-5-4-9-20(21)19-7-2-1-3-8-19/h1-11,16H,12-15,18H2,(H,28,32). The third kappa shape index (κ3) is 4.56. The second kappa shape index (κ2) is 9.65. The molecule has 4 aromatic rings. The van der Waals surface area contributed by atoms with Crippen LogP contribution in [0.15, 0.2) is 81.8 Å². The van der Waals surface area contributed by atoms with Crippen LogP contribution in [0, 0.1) is 11.3 Å². The number of carbonyl (C=O) groups excluding carboxylic acids is 1. The average molecular weight is 454 g/mol. The Morgan fingerprint density at radius 3 is 2.50 bits per heavy atom. The summed E-state index contributed by atoms with van der Waals surface area (Å²) in [5, 5.41) is 12.5. The second-order valence-corrected chi connectivity index (χ2v) is 7.98. The fourth-order valence-corrected chi connectivity index (χ4v) is 4.07. The van der Waals surface area contributed by atoms with E-state index >= 15 is 0 Å². The monoisotopic (exact) mass is 453 g/mol. The number of anilines is 2. The molecular weight excluding hydrogens is 430 g/mol. The fraction of sp³-hybridized carbons (Fsp3) is 0.192. The zero-order valence-corrected chi connectivity index (χ0v) is 18.5. The van der Waals surface area contributed by atoms with Crippen LogP contribution in [-0.2, 0) is 4.79 Å². The lowest BCUT2D eigenvalue weighted by molar-refractivity contribution is -0.117. The van der Waals surface area contributed by atoms with Crippen LogP contribution in [0.25, 0.3) is 22.8 Å². The number of hydrogen-bond acceptors (Lipinski definition) is 7. The van der Waals surface area contributed by atoms with Crippen molar-refractivity contribution in [1.82, 2.24) is 9.88 Å². The third-order valence-corrected chi connectivity index (χ3v) is 5.76. The molecule has 2 aromatic heterocycles. The quantitative estimate of drug-likeness (QED) is 0.466. The molecule has 1 aliphatic heterocycles. The summed E-state index contributed by atoms with van der Waals surface area (Å²) in [5.74, 6) is 1.15. The zero-order chi connectivity index (χ0) is 23.3. The third-order valence-electron chi connectivity index (χ3n) is 5.76. The van der Waals surface area contributed by atoms with Gasteiger partial charge in [0, 0.05) is 37.4 Å². The molecule has 0 saturated carbocycles. The van der Waals surface area contributed by atoms with Crippen molar-refractivity contribution >= 4 is 17.5 Å². The van der Waals surface area contributed by atoms with Crippen molar-refractivity contribution in [3.8, 4) is 28.8 Å². The Morgan fingerprint density at radius 1 is 1.00 bits per heavy atom. The van der Waals surface area contributed by atoms with Crippen LogP contribution in [-0.4, -0.2) is 48.5 Å². The predicted molar refractivity (Wildman–Crippen MR) is 128 cm³/mol. The number of rotatable bonds is 6. The summed E-state index contributed by atoms with van der Waals surface area (Å²) < 4.78 is 11.2. The summed E-state index contributed by atoms with van der Waals surface area (Å²) in [4.78, 5) is 21.1. The van der Waals surface area contributed by atoms with E-state index in [9.17, 15) is 10.1 Å². The van der Waals surface area contributed by atoms with Gasteiger partial charge in [0.25, 0.3) is 5.89 Å². The number of benzene rings is 2. The van der Waals surface area contributed by atoms with E-state index in [0.29, 0.717) is 37.8 Å². The van der Waals surface area contributed by atoms with Gasteiger partial charge in [-0.25, -0.2) is 0 Å². The van der Waals surface area contributed by atoms with Crippen LogP contribution in [0.3, 0.4) is 0 Å². The number of furan rings is 1. The number of nitrogens with one attached hydrogen (secondary N) is 1. The lowest BCUT2D eigenvalue weighted by Gasteiger charge is -2.34. The lowest BCUT2D eigenvalue weighted by atomic mass is 10.0. The Bertz CT molecular complexity index is 1300. The van der Waals surface area contributed by atoms with Gasteiger partial charge >= 0.3 is 0 Å². The highest BCUT2D eigenvalue weighted by molar-refractivity contribution is 5.96. The Morgan fingerprint density at radius 2 is 1.76 bits per heavy atom. The predicted octanol–water partition coefficient (Wildman–Crippen LogP) is 4.23. The molecule has 5 rings (SSSR count). The number of aromatic nitrogens is 1. The van der Waals surface area contributed by atoms with Crippen LogP contribution in [0.1, 0.15) is 5.69 Å². The van der Waals surface area contributed by atoms with Crippen molar-refractivity contribution < 1.29 is 13.6 Å². The van der Waals surface area contributed by atoms with Crippen LogP contribution in [0.5, 0.6) is 0 Å². The van der Waals surface area contributed by atoms with Crippen LogP contribution < -0.4 is 10.2 Å². The van der Waals surface area contributed by atoms with Crippen molar-refractivity contribution in [1.29, 1.82) is 5.26 Å². The number of piperazine rings is 1. The summed E-state index contributed by atoms with van der Waals surface area (Å²) in [6, 6.07) is 23.4. The van der Waals surface area contributed by atoms with Crippen LogP contribution in [0.2, 0.25) is 0 Å². The molecule has 3 heterocycles. The SMILES string of the molecule is N#Cc1nc(-c2ccco2)oc1N1CCN(CC(=O)Nc2ccccc2-c2ccccc2)CC1. The van der Waals surface area contributed by atoms with Crippen molar-refractivity contribution in [3.05, 3.63) is 78.7 Å². The molecule has 1 aliphatic rings. The molecule has 0 bridgehead atoms.